The average Bonchev–Trinajstić information content (AvgIpc) is 3.22. The summed E-state index contributed by atoms with van der Waals surface area (Å²) in [7, 11) is 1.47. The number of piperidine rings is 1. The lowest BCUT2D eigenvalue weighted by atomic mass is 10.0. The minimum atomic E-state index is -0.266. The smallest absolute Gasteiger partial charge is 0.410 e. The van der Waals surface area contributed by atoms with Gasteiger partial charge in [-0.15, -0.1) is 0 Å². The molecular formula is C24H21BrN4O5. The van der Waals surface area contributed by atoms with Crippen LogP contribution in [0.5, 0.6) is 11.8 Å². The van der Waals surface area contributed by atoms with Gasteiger partial charge >= 0.3 is 6.09 Å². The topological polar surface area (TPSA) is 107 Å². The number of hydrogen-bond acceptors (Lipinski definition) is 7. The molecular weight excluding hydrogens is 504 g/mol. The Morgan fingerprint density at radius 2 is 2.06 bits per heavy atom. The molecule has 5 rings (SSSR count). The highest BCUT2D eigenvalue weighted by Gasteiger charge is 2.39. The molecule has 2 atom stereocenters. The lowest BCUT2D eigenvalue weighted by Crippen LogP contribution is -2.44. The molecule has 1 aromatic heterocycles. The molecule has 0 N–H and O–H groups in total. The van der Waals surface area contributed by atoms with Crippen LogP contribution in [-0.4, -0.2) is 53.0 Å². The van der Waals surface area contributed by atoms with E-state index in [1.165, 1.54) is 11.7 Å². The lowest BCUT2D eigenvalue weighted by molar-refractivity contribution is 0.0931. The van der Waals surface area contributed by atoms with E-state index >= 15 is 0 Å². The Labute approximate surface area is 203 Å². The number of ether oxygens (including phenoxy) is 3. The Hall–Kier alpha value is -3.58. The molecule has 174 valence electrons. The van der Waals surface area contributed by atoms with E-state index in [1.54, 1.807) is 41.3 Å². The summed E-state index contributed by atoms with van der Waals surface area (Å²) in [5.74, 6) is 0.546. The van der Waals surface area contributed by atoms with Crippen LogP contribution in [0, 0.1) is 11.3 Å². The number of carbonyl (C=O) groups is 1. The van der Waals surface area contributed by atoms with E-state index in [9.17, 15) is 9.59 Å². The monoisotopic (exact) mass is 524 g/mol. The fourth-order valence-electron chi connectivity index (χ4n) is 4.40. The number of amides is 1. The van der Waals surface area contributed by atoms with Gasteiger partial charge in [0.25, 0.3) is 11.6 Å². The number of aromatic nitrogens is 2. The largest absolute Gasteiger partial charge is 0.489 e. The summed E-state index contributed by atoms with van der Waals surface area (Å²) < 4.78 is 18.9. The van der Waals surface area contributed by atoms with Gasteiger partial charge in [0.15, 0.2) is 0 Å². The van der Waals surface area contributed by atoms with E-state index in [0.717, 1.165) is 5.56 Å². The van der Waals surface area contributed by atoms with Crippen LogP contribution in [0.4, 0.5) is 4.79 Å². The standard InChI is InChI=1S/C24H21BrN4O5/c1-32-23-27-20-10-19(25)21(34-17-6-7-28-16(8-17)13-33-24(28)31)9-18(20)22(30)29(23)12-15-4-2-14(11-26)3-5-15/h2-5,9-10,16-17H,6-8,12-13H2,1H3/t16-,17-/m0/s1. The second-order valence-electron chi connectivity index (χ2n) is 8.29. The van der Waals surface area contributed by atoms with Gasteiger partial charge in [0.05, 0.1) is 46.7 Å². The molecule has 2 aromatic carbocycles. The summed E-state index contributed by atoms with van der Waals surface area (Å²) in [6.45, 7) is 1.20. The van der Waals surface area contributed by atoms with Gasteiger partial charge in [-0.05, 0) is 45.8 Å². The first-order valence-electron chi connectivity index (χ1n) is 10.8. The molecule has 9 nitrogen and oxygen atoms in total. The molecule has 10 heteroatoms. The minimum absolute atomic E-state index is 0.0149. The SMILES string of the molecule is COc1nc2cc(Br)c(O[C@H]3CCN4C(=O)OC[C@@H]4C3)cc2c(=O)n1Cc1ccc(C#N)cc1. The highest BCUT2D eigenvalue weighted by molar-refractivity contribution is 9.10. The number of benzene rings is 2. The number of rotatable bonds is 5. The van der Waals surface area contributed by atoms with Crippen LogP contribution in [0.2, 0.25) is 0 Å². The third-order valence-corrected chi connectivity index (χ3v) is 6.79. The molecule has 3 aromatic rings. The summed E-state index contributed by atoms with van der Waals surface area (Å²) in [6.07, 6.45) is 0.981. The first kappa shape index (κ1) is 22.2. The van der Waals surface area contributed by atoms with Crippen LogP contribution in [0.3, 0.4) is 0 Å². The van der Waals surface area contributed by atoms with Gasteiger partial charge in [-0.2, -0.15) is 10.2 Å². The molecule has 0 radical (unpaired) electrons. The molecule has 2 aliphatic heterocycles. The third-order valence-electron chi connectivity index (χ3n) is 6.17. The quantitative estimate of drug-likeness (QED) is 0.502. The Morgan fingerprint density at radius 1 is 1.26 bits per heavy atom. The molecule has 0 aliphatic carbocycles. The number of hydrogen-bond donors (Lipinski definition) is 0. The number of methoxy groups -OCH3 is 1. The van der Waals surface area contributed by atoms with E-state index in [-0.39, 0.29) is 36.4 Å². The van der Waals surface area contributed by atoms with Crippen LogP contribution in [0.1, 0.15) is 24.0 Å². The molecule has 0 saturated carbocycles. The van der Waals surface area contributed by atoms with E-state index in [2.05, 4.69) is 27.0 Å². The zero-order chi connectivity index (χ0) is 23.8. The van der Waals surface area contributed by atoms with Crippen molar-refractivity contribution < 1.29 is 19.0 Å². The van der Waals surface area contributed by atoms with Gasteiger partial charge in [0, 0.05) is 19.4 Å². The summed E-state index contributed by atoms with van der Waals surface area (Å²) >= 11 is 3.54. The van der Waals surface area contributed by atoms with Crippen molar-refractivity contribution in [3.8, 4) is 17.8 Å². The molecule has 2 fully saturated rings. The number of nitriles is 1. The number of fused-ring (bicyclic) bond motifs is 2. The Morgan fingerprint density at radius 3 is 2.79 bits per heavy atom. The number of halogens is 1. The highest BCUT2D eigenvalue weighted by atomic mass is 79.9. The van der Waals surface area contributed by atoms with E-state index in [4.69, 9.17) is 19.5 Å². The van der Waals surface area contributed by atoms with Crippen LogP contribution >= 0.6 is 15.9 Å². The maximum Gasteiger partial charge on any atom is 0.410 e. The third kappa shape index (κ3) is 4.07. The molecule has 2 saturated heterocycles. The lowest BCUT2D eigenvalue weighted by Gasteiger charge is -2.32. The normalized spacial score (nSPS) is 19.4. The first-order valence-corrected chi connectivity index (χ1v) is 11.6. The van der Waals surface area contributed by atoms with Crippen molar-refractivity contribution in [2.45, 2.75) is 31.5 Å². The van der Waals surface area contributed by atoms with Crippen molar-refractivity contribution in [2.24, 2.45) is 0 Å². The number of carbonyl (C=O) groups excluding carboxylic acids is 1. The van der Waals surface area contributed by atoms with Crippen molar-refractivity contribution in [1.82, 2.24) is 14.5 Å². The Balaban J connectivity index is 1.46. The van der Waals surface area contributed by atoms with Crippen LogP contribution in [0.25, 0.3) is 10.9 Å². The second kappa shape index (κ2) is 8.99. The fourth-order valence-corrected chi connectivity index (χ4v) is 4.83. The van der Waals surface area contributed by atoms with E-state index in [1.807, 2.05) is 0 Å². The van der Waals surface area contributed by atoms with Crippen molar-refractivity contribution in [3.05, 3.63) is 62.4 Å². The maximum atomic E-state index is 13.4. The maximum absolute atomic E-state index is 13.4. The molecule has 0 spiro atoms. The molecule has 2 aliphatic rings. The number of cyclic esters (lactones) is 1. The first-order chi connectivity index (χ1) is 16.5. The molecule has 0 unspecified atom stereocenters. The van der Waals surface area contributed by atoms with Gasteiger partial charge in [-0.25, -0.2) is 4.79 Å². The average molecular weight is 525 g/mol. The van der Waals surface area contributed by atoms with E-state index in [0.29, 0.717) is 52.7 Å². The Bertz CT molecular complexity index is 1370. The summed E-state index contributed by atoms with van der Waals surface area (Å²) in [5, 5.41) is 9.42. The van der Waals surface area contributed by atoms with Gasteiger partial charge in [-0.3, -0.25) is 9.36 Å². The summed E-state index contributed by atoms with van der Waals surface area (Å²) in [4.78, 5) is 31.5. The Kier molecular flexibility index (Phi) is 5.87. The van der Waals surface area contributed by atoms with E-state index < -0.39 is 0 Å². The van der Waals surface area contributed by atoms with Crippen molar-refractivity contribution in [1.29, 1.82) is 5.26 Å². The summed E-state index contributed by atoms with van der Waals surface area (Å²) in [6, 6.07) is 12.8. The highest BCUT2D eigenvalue weighted by Crippen LogP contribution is 2.33. The second-order valence-corrected chi connectivity index (χ2v) is 9.14. The van der Waals surface area contributed by atoms with Crippen molar-refractivity contribution >= 4 is 32.9 Å². The van der Waals surface area contributed by atoms with Crippen molar-refractivity contribution in [2.75, 3.05) is 20.3 Å². The molecule has 1 amide bonds. The molecule has 0 bridgehead atoms. The predicted octanol–water partition coefficient (Wildman–Crippen LogP) is 3.45. The fraction of sp³-hybridized carbons (Fsp3) is 0.333. The van der Waals surface area contributed by atoms with Crippen LogP contribution in [-0.2, 0) is 11.3 Å². The zero-order valence-electron chi connectivity index (χ0n) is 18.4. The van der Waals surface area contributed by atoms with Crippen molar-refractivity contribution in [3.63, 3.8) is 0 Å². The molecule has 34 heavy (non-hydrogen) atoms. The van der Waals surface area contributed by atoms with Crippen LogP contribution < -0.4 is 15.0 Å². The van der Waals surface area contributed by atoms with Crippen LogP contribution in [0.15, 0.2) is 45.7 Å². The number of nitrogens with zero attached hydrogens (tertiary/aromatic N) is 4. The van der Waals surface area contributed by atoms with Gasteiger partial charge in [-0.1, -0.05) is 12.1 Å². The predicted molar refractivity (Wildman–Crippen MR) is 126 cm³/mol. The van der Waals surface area contributed by atoms with Gasteiger partial charge < -0.3 is 19.1 Å². The minimum Gasteiger partial charge on any atom is -0.489 e. The molecule has 3 heterocycles. The summed E-state index contributed by atoms with van der Waals surface area (Å²) in [5.41, 5.74) is 1.62. The zero-order valence-corrected chi connectivity index (χ0v) is 19.9. The van der Waals surface area contributed by atoms with Gasteiger partial charge in [0.2, 0.25) is 0 Å². The van der Waals surface area contributed by atoms with Gasteiger partial charge in [0.1, 0.15) is 18.5 Å².